The van der Waals surface area contributed by atoms with Crippen LogP contribution in [0.15, 0.2) is 42.5 Å². The van der Waals surface area contributed by atoms with Crippen LogP contribution >= 0.6 is 0 Å². The van der Waals surface area contributed by atoms with E-state index < -0.39 is 0 Å². The van der Waals surface area contributed by atoms with E-state index in [9.17, 15) is 0 Å². The van der Waals surface area contributed by atoms with Crippen molar-refractivity contribution < 1.29 is 0 Å². The topological polar surface area (TPSA) is 57.4 Å². The highest BCUT2D eigenvalue weighted by Gasteiger charge is 2.03. The zero-order chi connectivity index (χ0) is 16.8. The van der Waals surface area contributed by atoms with E-state index in [0.717, 1.165) is 49.3 Å². The summed E-state index contributed by atoms with van der Waals surface area (Å²) in [7, 11) is 0. The summed E-state index contributed by atoms with van der Waals surface area (Å²) in [6.07, 6.45) is 8.06. The molecule has 0 aliphatic carbocycles. The molecule has 2 N–H and O–H groups in total. The highest BCUT2D eigenvalue weighted by atomic mass is 27.0. The monoisotopic (exact) mass is 336 g/mol. The molecule has 0 aromatic carbocycles. The minimum absolute atomic E-state index is 0.911. The summed E-state index contributed by atoms with van der Waals surface area (Å²) in [5.41, 5.74) is 7.84. The minimum Gasteiger partial charge on any atom is -0.356 e. The lowest BCUT2D eigenvalue weighted by Crippen LogP contribution is -1.96. The van der Waals surface area contributed by atoms with Crippen molar-refractivity contribution in [1.82, 2.24) is 19.9 Å². The Labute approximate surface area is 152 Å². The van der Waals surface area contributed by atoms with Gasteiger partial charge in [0.05, 0.1) is 22.8 Å². The van der Waals surface area contributed by atoms with Gasteiger partial charge in [0.15, 0.2) is 16.3 Å². The molecular weight excluding hydrogens is 323 g/mol. The normalized spacial score (nSPS) is 12.6. The highest BCUT2D eigenvalue weighted by Crippen LogP contribution is 2.16. The lowest BCUT2D eigenvalue weighted by atomic mass is 10.3. The van der Waals surface area contributed by atoms with Gasteiger partial charge < -0.3 is 9.97 Å². The van der Waals surface area contributed by atoms with Crippen molar-refractivity contribution in [2.24, 2.45) is 0 Å². The third kappa shape index (κ3) is 2.85. The molecule has 5 heterocycles. The van der Waals surface area contributed by atoms with Crippen molar-refractivity contribution in [3.05, 3.63) is 65.2 Å². The fourth-order valence-corrected chi connectivity index (χ4v) is 3.38. The van der Waals surface area contributed by atoms with Gasteiger partial charge in [-0.15, -0.1) is 4.43 Å². The molecule has 0 unspecified atom stereocenters. The molecule has 116 valence electrons. The number of hydrogen-bond acceptors (Lipinski definition) is 2. The summed E-state index contributed by atoms with van der Waals surface area (Å²) in [4.78, 5) is 16.1. The molecule has 3 aromatic heterocycles. The number of nitrogens with zero attached hydrogens (tertiary/aromatic N) is 2. The van der Waals surface area contributed by atoms with Crippen molar-refractivity contribution in [2.75, 3.05) is 0 Å². The molecule has 0 fully saturated rings. The summed E-state index contributed by atoms with van der Waals surface area (Å²) in [5.74, 6) is 0. The minimum atomic E-state index is 0.911. The van der Waals surface area contributed by atoms with Gasteiger partial charge in [0.2, 0.25) is 0 Å². The maximum atomic E-state index is 4.65. The van der Waals surface area contributed by atoms with Crippen LogP contribution < -0.4 is 4.43 Å². The number of aromatic nitrogens is 4. The highest BCUT2D eigenvalue weighted by molar-refractivity contribution is 6.37. The molecule has 0 amide bonds. The van der Waals surface area contributed by atoms with Gasteiger partial charge in [-0.1, -0.05) is 6.07 Å². The lowest BCUT2D eigenvalue weighted by molar-refractivity contribution is 1.28. The Morgan fingerprint density at radius 1 is 0.600 bits per heavy atom. The largest absolute Gasteiger partial charge is 0.356 e. The number of nitrogens with one attached hydrogen (secondary N) is 2. The second kappa shape index (κ2) is 5.59. The van der Waals surface area contributed by atoms with E-state index in [-0.39, 0.29) is 0 Å². The van der Waals surface area contributed by atoms with E-state index in [1.165, 1.54) is 0 Å². The van der Waals surface area contributed by atoms with Crippen LogP contribution in [-0.2, 0) is 0 Å². The Morgan fingerprint density at radius 2 is 1.20 bits per heavy atom. The molecule has 2 aliphatic rings. The van der Waals surface area contributed by atoms with E-state index >= 15 is 0 Å². The Kier molecular flexibility index (Phi) is 3.24. The zero-order valence-corrected chi connectivity index (χ0v) is 14.5. The van der Waals surface area contributed by atoms with Gasteiger partial charge in [0.1, 0.15) is 0 Å². The number of H-pyrrole nitrogens is 2. The molecule has 0 saturated heterocycles. The summed E-state index contributed by atoms with van der Waals surface area (Å²) in [6.45, 7) is 0. The Morgan fingerprint density at radius 3 is 1.92 bits per heavy atom. The van der Waals surface area contributed by atoms with Crippen molar-refractivity contribution >= 4 is 67.1 Å². The van der Waals surface area contributed by atoms with E-state index in [0.29, 0.717) is 0 Å². The molecule has 8 bridgehead atoms. The third-order valence-corrected chi connectivity index (χ3v) is 4.68. The molecule has 5 rings (SSSR count). The van der Waals surface area contributed by atoms with Crippen molar-refractivity contribution in [3.8, 4) is 0 Å². The Hall–Kier alpha value is -2.87. The maximum absolute atomic E-state index is 4.65. The molecule has 2 radical (unpaired) electrons. The predicted octanol–water partition coefficient (Wildman–Crippen LogP) is 3.45. The van der Waals surface area contributed by atoms with E-state index in [4.69, 9.17) is 0 Å². The average molecular weight is 336 g/mol. The smallest absolute Gasteiger partial charge is 0.179 e. The van der Waals surface area contributed by atoms with Crippen LogP contribution in [0.2, 0.25) is 0 Å². The second-order valence-corrected chi connectivity index (χ2v) is 6.75. The molecule has 0 saturated carbocycles. The van der Waals surface area contributed by atoms with Crippen LogP contribution in [0, 0.1) is 0 Å². The molecular formula is C20H13AlN4. The standard InChI is InChI=1S/C20H13N4.Al/c1-2-14-10-16-5-6-18(23-16)12-20-8-7-19(24-20)11-17-4-3-15(22-17)9-13(1)21-14;/h1-7,9-12,22,24H;. The van der Waals surface area contributed by atoms with Gasteiger partial charge in [0, 0.05) is 22.1 Å². The first-order valence-corrected chi connectivity index (χ1v) is 8.63. The molecule has 25 heavy (non-hydrogen) atoms. The zero-order valence-electron chi connectivity index (χ0n) is 13.3. The summed E-state index contributed by atoms with van der Waals surface area (Å²) in [6, 6.07) is 14.4. The van der Waals surface area contributed by atoms with Crippen LogP contribution in [0.4, 0.5) is 0 Å². The van der Waals surface area contributed by atoms with E-state index in [2.05, 4.69) is 66.6 Å². The number of fused-ring (bicyclic) bond motifs is 8. The van der Waals surface area contributed by atoms with Gasteiger partial charge in [-0.3, -0.25) is 0 Å². The molecule has 3 aromatic rings. The number of aromatic amines is 2. The Bertz CT molecular complexity index is 1210. The quantitative estimate of drug-likeness (QED) is 0.426. The maximum Gasteiger partial charge on any atom is 0.179 e. The summed E-state index contributed by atoms with van der Waals surface area (Å²) >= 11 is 2.78. The predicted molar refractivity (Wildman–Crippen MR) is 104 cm³/mol. The van der Waals surface area contributed by atoms with Crippen LogP contribution in [0.5, 0.6) is 0 Å². The lowest BCUT2D eigenvalue weighted by Gasteiger charge is -1.87. The van der Waals surface area contributed by atoms with Gasteiger partial charge in [-0.05, 0) is 60.7 Å². The molecule has 2 aliphatic heterocycles. The van der Waals surface area contributed by atoms with Crippen LogP contribution in [0.3, 0.4) is 0 Å². The van der Waals surface area contributed by atoms with Gasteiger partial charge in [0.25, 0.3) is 0 Å². The van der Waals surface area contributed by atoms with E-state index in [1.54, 1.807) is 0 Å². The summed E-state index contributed by atoms with van der Waals surface area (Å²) < 4.78 is 1.12. The van der Waals surface area contributed by atoms with Gasteiger partial charge in [-0.25, -0.2) is 9.97 Å². The second-order valence-electron chi connectivity index (χ2n) is 6.13. The van der Waals surface area contributed by atoms with Crippen molar-refractivity contribution in [3.63, 3.8) is 0 Å². The first-order chi connectivity index (χ1) is 12.2. The average Bonchev–Trinajstić information content (AvgIpc) is 3.33. The molecule has 4 nitrogen and oxygen atoms in total. The first-order valence-electron chi connectivity index (χ1n) is 8.05. The molecule has 0 spiro atoms. The van der Waals surface area contributed by atoms with Crippen LogP contribution in [-0.4, -0.2) is 36.2 Å². The van der Waals surface area contributed by atoms with Crippen LogP contribution in [0.1, 0.15) is 22.8 Å². The van der Waals surface area contributed by atoms with Gasteiger partial charge in [-0.2, -0.15) is 0 Å². The molecule has 0 atom stereocenters. The first kappa shape index (κ1) is 14.5. The van der Waals surface area contributed by atoms with Gasteiger partial charge >= 0.3 is 0 Å². The van der Waals surface area contributed by atoms with Crippen molar-refractivity contribution in [1.29, 1.82) is 0 Å². The fourth-order valence-electron chi connectivity index (χ4n) is 3.04. The number of hydrogen-bond donors (Lipinski definition) is 2. The van der Waals surface area contributed by atoms with Crippen LogP contribution in [0.25, 0.3) is 46.4 Å². The fraction of sp³-hybridized carbons (Fsp3) is 0. The van der Waals surface area contributed by atoms with Crippen molar-refractivity contribution in [2.45, 2.75) is 0 Å². The number of rotatable bonds is 0. The SMILES string of the molecule is [Al][c]1cc2cc3ccc(cc4nc(cc5nc(cc1[nH]2)C=C5)C=C4)[nH]3. The van der Waals surface area contributed by atoms with E-state index in [1.807, 2.05) is 36.4 Å². The third-order valence-electron chi connectivity index (χ3n) is 4.20. The Balaban J connectivity index is 1.87. The molecule has 5 heteroatoms. The summed E-state index contributed by atoms with van der Waals surface area (Å²) in [5, 5.41) is 0.